The van der Waals surface area contributed by atoms with Gasteiger partial charge in [0.1, 0.15) is 0 Å². The van der Waals surface area contributed by atoms with Crippen molar-refractivity contribution in [2.24, 2.45) is 17.8 Å². The van der Waals surface area contributed by atoms with E-state index in [1.165, 1.54) is 44.6 Å². The largest absolute Gasteiger partial charge is 0.204 e. The predicted molar refractivity (Wildman–Crippen MR) is 124 cm³/mol. The quantitative estimate of drug-likeness (QED) is 0.236. The van der Waals surface area contributed by atoms with Crippen molar-refractivity contribution >= 4 is 0 Å². The monoisotopic (exact) mass is 474 g/mol. The van der Waals surface area contributed by atoms with Gasteiger partial charge in [-0.3, -0.25) is 0 Å². The van der Waals surface area contributed by atoms with E-state index in [0.29, 0.717) is 11.5 Å². The molecule has 2 fully saturated rings. The van der Waals surface area contributed by atoms with Crippen LogP contribution in [0, 0.1) is 58.7 Å². The van der Waals surface area contributed by atoms with Crippen molar-refractivity contribution < 1.29 is 22.0 Å². The Kier molecular flexibility index (Phi) is 7.96. The Hall–Kier alpha value is -2.35. The minimum absolute atomic E-state index is 0.00974. The molecule has 2 aromatic rings. The molecule has 2 aliphatic rings. The van der Waals surface area contributed by atoms with E-state index in [4.69, 9.17) is 0 Å². The molecule has 0 N–H and O–H groups in total. The molecule has 0 bridgehead atoms. The van der Waals surface area contributed by atoms with Gasteiger partial charge in [0.05, 0.1) is 5.56 Å². The van der Waals surface area contributed by atoms with E-state index in [0.717, 1.165) is 49.7 Å². The highest BCUT2D eigenvalue weighted by atomic mass is 19.2. The summed E-state index contributed by atoms with van der Waals surface area (Å²) >= 11 is 0. The van der Waals surface area contributed by atoms with Crippen LogP contribution in [0.2, 0.25) is 0 Å². The molecule has 4 rings (SSSR count). The van der Waals surface area contributed by atoms with Crippen LogP contribution in [0.3, 0.4) is 0 Å². The van der Waals surface area contributed by atoms with Crippen LogP contribution in [-0.4, -0.2) is 0 Å². The van der Waals surface area contributed by atoms with Crippen molar-refractivity contribution in [2.45, 2.75) is 77.0 Å². The molecule has 34 heavy (non-hydrogen) atoms. The van der Waals surface area contributed by atoms with Gasteiger partial charge in [0.15, 0.2) is 29.1 Å². The van der Waals surface area contributed by atoms with Crippen molar-refractivity contribution in [3.63, 3.8) is 0 Å². The van der Waals surface area contributed by atoms with Crippen molar-refractivity contribution in [2.75, 3.05) is 0 Å². The van der Waals surface area contributed by atoms with Crippen molar-refractivity contribution in [3.8, 4) is 11.8 Å². The molecule has 2 aliphatic carbocycles. The van der Waals surface area contributed by atoms with E-state index >= 15 is 0 Å². The first-order valence-electron chi connectivity index (χ1n) is 12.5. The van der Waals surface area contributed by atoms with Crippen molar-refractivity contribution in [3.05, 3.63) is 70.0 Å². The molecule has 0 saturated heterocycles. The maximum atomic E-state index is 14.9. The normalized spacial score (nSPS) is 25.0. The van der Waals surface area contributed by atoms with Crippen LogP contribution in [0.25, 0.3) is 0 Å². The summed E-state index contributed by atoms with van der Waals surface area (Å²) in [7, 11) is 0. The van der Waals surface area contributed by atoms with Gasteiger partial charge in [-0.25, -0.2) is 22.0 Å². The standard InChI is InChI=1S/C29H31F5/c1-2-3-18-4-7-20(8-5-18)21-10-12-22(13-11-21)24-15-14-23(27(32)28(24)33)9-6-19-16-25(30)29(34)26(31)17-19/h14-18,20-22H,2-5,7-8,10-13H2,1H3. The zero-order valence-electron chi connectivity index (χ0n) is 19.6. The van der Waals surface area contributed by atoms with Gasteiger partial charge in [-0.05, 0) is 86.0 Å². The molecule has 0 nitrogen and oxygen atoms in total. The van der Waals surface area contributed by atoms with Gasteiger partial charge >= 0.3 is 0 Å². The summed E-state index contributed by atoms with van der Waals surface area (Å²) in [6.45, 7) is 2.25. The second kappa shape index (κ2) is 10.9. The molecule has 0 unspecified atom stereocenters. The minimum Gasteiger partial charge on any atom is -0.204 e. The number of hydrogen-bond donors (Lipinski definition) is 0. The Balaban J connectivity index is 1.40. The van der Waals surface area contributed by atoms with E-state index < -0.39 is 29.1 Å². The molecule has 0 aromatic heterocycles. The molecule has 0 radical (unpaired) electrons. The number of halogens is 5. The van der Waals surface area contributed by atoms with Gasteiger partial charge in [-0.2, -0.15) is 0 Å². The summed E-state index contributed by atoms with van der Waals surface area (Å²) in [6.07, 6.45) is 11.7. The molecule has 0 spiro atoms. The van der Waals surface area contributed by atoms with Crippen molar-refractivity contribution in [1.29, 1.82) is 0 Å². The Labute approximate surface area is 199 Å². The number of rotatable bonds is 4. The average molecular weight is 475 g/mol. The maximum absolute atomic E-state index is 14.9. The molecule has 0 heterocycles. The summed E-state index contributed by atoms with van der Waals surface area (Å²) in [6, 6.07) is 4.44. The summed E-state index contributed by atoms with van der Waals surface area (Å²) < 4.78 is 69.4. The topological polar surface area (TPSA) is 0 Å². The SMILES string of the molecule is CCCC1CCC(C2CCC(c3ccc(C#Cc4cc(F)c(F)c(F)c4)c(F)c3F)CC2)CC1. The Morgan fingerprint density at radius 3 is 1.88 bits per heavy atom. The summed E-state index contributed by atoms with van der Waals surface area (Å²) in [5, 5.41) is 0. The second-order valence-electron chi connectivity index (χ2n) is 10.0. The third kappa shape index (κ3) is 5.48. The Morgan fingerprint density at radius 1 is 0.706 bits per heavy atom. The van der Waals surface area contributed by atoms with Crippen LogP contribution in [0.1, 0.15) is 93.7 Å². The third-order valence-corrected chi connectivity index (χ3v) is 7.90. The molecular weight excluding hydrogens is 443 g/mol. The molecule has 2 aromatic carbocycles. The second-order valence-corrected chi connectivity index (χ2v) is 10.0. The smallest absolute Gasteiger partial charge is 0.194 e. The predicted octanol–water partition coefficient (Wildman–Crippen LogP) is 8.66. The Morgan fingerprint density at radius 2 is 1.29 bits per heavy atom. The van der Waals surface area contributed by atoms with Crippen molar-refractivity contribution in [1.82, 2.24) is 0 Å². The fraction of sp³-hybridized carbons (Fsp3) is 0.517. The van der Waals surface area contributed by atoms with Crippen LogP contribution in [0.15, 0.2) is 24.3 Å². The lowest BCUT2D eigenvalue weighted by Crippen LogP contribution is -2.25. The number of hydrogen-bond acceptors (Lipinski definition) is 0. The average Bonchev–Trinajstić information content (AvgIpc) is 2.84. The van der Waals surface area contributed by atoms with E-state index in [2.05, 4.69) is 18.8 Å². The molecule has 182 valence electrons. The Bertz CT molecular complexity index is 1040. The lowest BCUT2D eigenvalue weighted by atomic mass is 9.68. The molecule has 5 heteroatoms. The van der Waals surface area contributed by atoms with Crippen LogP contribution in [-0.2, 0) is 0 Å². The van der Waals surface area contributed by atoms with E-state index in [9.17, 15) is 22.0 Å². The van der Waals surface area contributed by atoms with E-state index in [1.807, 2.05) is 0 Å². The highest BCUT2D eigenvalue weighted by molar-refractivity contribution is 5.45. The summed E-state index contributed by atoms with van der Waals surface area (Å²) in [5.41, 5.74) is 0.0401. The first-order valence-corrected chi connectivity index (χ1v) is 12.5. The van der Waals surface area contributed by atoms with Gasteiger partial charge in [0.25, 0.3) is 0 Å². The fourth-order valence-electron chi connectivity index (χ4n) is 6.00. The van der Waals surface area contributed by atoms with E-state index in [1.54, 1.807) is 6.07 Å². The molecule has 0 atom stereocenters. The summed E-state index contributed by atoms with van der Waals surface area (Å²) in [4.78, 5) is 0. The lowest BCUT2D eigenvalue weighted by Gasteiger charge is -2.38. The first kappa shape index (κ1) is 24.8. The highest BCUT2D eigenvalue weighted by Gasteiger charge is 2.32. The minimum atomic E-state index is -1.59. The van der Waals surface area contributed by atoms with Gasteiger partial charge in [-0.1, -0.05) is 50.5 Å². The van der Waals surface area contributed by atoms with Gasteiger partial charge < -0.3 is 0 Å². The van der Waals surface area contributed by atoms with Gasteiger partial charge in [0, 0.05) is 5.56 Å². The third-order valence-electron chi connectivity index (χ3n) is 7.90. The fourth-order valence-corrected chi connectivity index (χ4v) is 6.00. The maximum Gasteiger partial charge on any atom is 0.194 e. The van der Waals surface area contributed by atoms with Gasteiger partial charge in [-0.15, -0.1) is 0 Å². The lowest BCUT2D eigenvalue weighted by molar-refractivity contribution is 0.156. The highest BCUT2D eigenvalue weighted by Crippen LogP contribution is 2.45. The van der Waals surface area contributed by atoms with Crippen LogP contribution < -0.4 is 0 Å². The summed E-state index contributed by atoms with van der Waals surface area (Å²) in [5.74, 6) is 0.843. The van der Waals surface area contributed by atoms with Crippen LogP contribution >= 0.6 is 0 Å². The van der Waals surface area contributed by atoms with E-state index in [-0.39, 0.29) is 17.0 Å². The molecule has 0 aliphatic heterocycles. The first-order chi connectivity index (χ1) is 16.4. The van der Waals surface area contributed by atoms with Crippen LogP contribution in [0.5, 0.6) is 0 Å². The number of benzene rings is 2. The molecule has 2 saturated carbocycles. The molecule has 0 amide bonds. The molecular formula is C29H31F5. The van der Waals surface area contributed by atoms with Gasteiger partial charge in [0.2, 0.25) is 0 Å². The zero-order chi connectivity index (χ0) is 24.2. The van der Waals surface area contributed by atoms with Crippen LogP contribution in [0.4, 0.5) is 22.0 Å². The zero-order valence-corrected chi connectivity index (χ0v) is 19.6.